The molecule has 0 atom stereocenters. The molecule has 0 spiro atoms. The van der Waals surface area contributed by atoms with Crippen molar-refractivity contribution in [2.75, 3.05) is 0 Å². The maximum absolute atomic E-state index is 10.6. The summed E-state index contributed by atoms with van der Waals surface area (Å²) in [7, 11) is -4.00. The van der Waals surface area contributed by atoms with Crippen LogP contribution in [0, 0.1) is 0 Å². The van der Waals surface area contributed by atoms with Gasteiger partial charge in [0, 0.05) is 0 Å². The fraction of sp³-hybridized carbons (Fsp3) is 0.143. The van der Waals surface area contributed by atoms with Crippen molar-refractivity contribution in [2.24, 2.45) is 0 Å². The van der Waals surface area contributed by atoms with E-state index in [1.54, 1.807) is 12.1 Å². The van der Waals surface area contributed by atoms with Crippen molar-refractivity contribution in [3.8, 4) is 0 Å². The summed E-state index contributed by atoms with van der Waals surface area (Å²) in [6.07, 6.45) is 0. The SMILES string of the molecule is [CH3][Hg][c]1ccc(S(=O)(=O)O)cc1. The van der Waals surface area contributed by atoms with E-state index in [-0.39, 0.29) is 4.90 Å². The summed E-state index contributed by atoms with van der Waals surface area (Å²) >= 11 is -0.904. The Balaban J connectivity index is 3.09. The van der Waals surface area contributed by atoms with Crippen LogP contribution in [0.15, 0.2) is 29.2 Å². The van der Waals surface area contributed by atoms with Gasteiger partial charge in [-0.25, -0.2) is 0 Å². The van der Waals surface area contributed by atoms with Crippen molar-refractivity contribution in [3.05, 3.63) is 24.3 Å². The zero-order valence-electron chi connectivity index (χ0n) is 6.69. The van der Waals surface area contributed by atoms with Crippen LogP contribution in [0.1, 0.15) is 0 Å². The summed E-state index contributed by atoms with van der Waals surface area (Å²) in [6, 6.07) is 6.47. The van der Waals surface area contributed by atoms with Crippen LogP contribution in [0.5, 0.6) is 0 Å². The van der Waals surface area contributed by atoms with Gasteiger partial charge in [-0.05, 0) is 0 Å². The molecule has 1 aromatic carbocycles. The van der Waals surface area contributed by atoms with Crippen LogP contribution in [0.25, 0.3) is 0 Å². The zero-order valence-corrected chi connectivity index (χ0v) is 13.0. The number of rotatable bonds is 2. The van der Waals surface area contributed by atoms with Crippen molar-refractivity contribution in [1.29, 1.82) is 0 Å². The number of hydrogen-bond acceptors (Lipinski definition) is 2. The van der Waals surface area contributed by atoms with Crippen molar-refractivity contribution in [3.63, 3.8) is 0 Å². The first-order valence-electron chi connectivity index (χ1n) is 3.60. The predicted octanol–water partition coefficient (Wildman–Crippen LogP) is 0.689. The summed E-state index contributed by atoms with van der Waals surface area (Å²) in [6.45, 7) is 0. The Morgan fingerprint density at radius 2 is 1.75 bits per heavy atom. The van der Waals surface area contributed by atoms with Crippen molar-refractivity contribution >= 4 is 13.2 Å². The molecule has 0 aliphatic heterocycles. The first-order chi connectivity index (χ1) is 5.54. The minimum absolute atomic E-state index is 0.0203. The van der Waals surface area contributed by atoms with E-state index < -0.39 is 34.7 Å². The third kappa shape index (κ3) is 2.53. The van der Waals surface area contributed by atoms with E-state index in [0.29, 0.717) is 0 Å². The molecule has 1 N–H and O–H groups in total. The molecule has 0 unspecified atom stereocenters. The van der Waals surface area contributed by atoms with Crippen LogP contribution in [0.4, 0.5) is 0 Å². The van der Waals surface area contributed by atoms with Crippen molar-refractivity contribution in [1.82, 2.24) is 0 Å². The van der Waals surface area contributed by atoms with Gasteiger partial charge in [0.05, 0.1) is 0 Å². The van der Waals surface area contributed by atoms with Gasteiger partial charge >= 0.3 is 84.3 Å². The molecule has 0 radical (unpaired) electrons. The normalized spacial score (nSPS) is 10.8. The summed E-state index contributed by atoms with van der Waals surface area (Å²) in [5.74, 6) is 0. The van der Waals surface area contributed by atoms with Crippen LogP contribution in [-0.2, 0) is 34.7 Å². The Morgan fingerprint density at radius 1 is 1.25 bits per heavy atom. The summed E-state index contributed by atoms with van der Waals surface area (Å²) < 4.78 is 33.3. The van der Waals surface area contributed by atoms with Crippen molar-refractivity contribution in [2.45, 2.75) is 9.33 Å². The van der Waals surface area contributed by atoms with Crippen LogP contribution in [0.2, 0.25) is 4.43 Å². The number of hydrogen-bond donors (Lipinski definition) is 1. The fourth-order valence-electron chi connectivity index (χ4n) is 0.897. The van der Waals surface area contributed by atoms with Crippen LogP contribution >= 0.6 is 0 Å². The van der Waals surface area contributed by atoms with Gasteiger partial charge < -0.3 is 0 Å². The second-order valence-corrected chi connectivity index (χ2v) is 9.82. The fourth-order valence-corrected chi connectivity index (χ4v) is 4.13. The molecule has 0 fully saturated rings. The first-order valence-corrected chi connectivity index (χ1v) is 13.3. The zero-order chi connectivity index (χ0) is 9.19. The van der Waals surface area contributed by atoms with Gasteiger partial charge in [-0.15, -0.1) is 0 Å². The molecule has 62 valence electrons. The third-order valence-electron chi connectivity index (χ3n) is 1.63. The van der Waals surface area contributed by atoms with Gasteiger partial charge in [-0.3, -0.25) is 0 Å². The van der Waals surface area contributed by atoms with E-state index in [9.17, 15) is 8.42 Å². The molecule has 3 nitrogen and oxygen atoms in total. The molecule has 0 amide bonds. The molecule has 1 aromatic rings. The Bertz CT molecular complexity index is 355. The van der Waals surface area contributed by atoms with Gasteiger partial charge in [-0.2, -0.15) is 0 Å². The standard InChI is InChI=1S/C6H5O3S.CH3.Hg/c7-10(8,9)6-4-2-1-3-5-6;;/h2-5H,(H,7,8,9);1H3;. The second kappa shape index (κ2) is 3.85. The van der Waals surface area contributed by atoms with Gasteiger partial charge in [0.25, 0.3) is 0 Å². The van der Waals surface area contributed by atoms with Crippen LogP contribution in [-0.4, -0.2) is 13.0 Å². The molecule has 0 aliphatic rings. The van der Waals surface area contributed by atoms with Gasteiger partial charge in [0.2, 0.25) is 0 Å². The average molecular weight is 373 g/mol. The van der Waals surface area contributed by atoms with Crippen LogP contribution in [0.3, 0.4) is 0 Å². The minimum atomic E-state index is -4.00. The summed E-state index contributed by atoms with van der Waals surface area (Å²) in [4.78, 5) is -0.0203. The average Bonchev–Trinajstić information content (AvgIpc) is 2.03. The number of benzene rings is 1. The molecule has 5 heteroatoms. The molecule has 12 heavy (non-hydrogen) atoms. The van der Waals surface area contributed by atoms with E-state index >= 15 is 0 Å². The molecule has 0 bridgehead atoms. The molecule has 0 heterocycles. The Hall–Kier alpha value is 0.0651. The van der Waals surface area contributed by atoms with Crippen molar-refractivity contribution < 1.29 is 37.5 Å². The molecule has 1 rings (SSSR count). The third-order valence-corrected chi connectivity index (χ3v) is 7.50. The van der Waals surface area contributed by atoms with E-state index in [0.717, 1.165) is 0 Å². The first kappa shape index (κ1) is 10.1. The van der Waals surface area contributed by atoms with Gasteiger partial charge in [0.15, 0.2) is 0 Å². The summed E-state index contributed by atoms with van der Waals surface area (Å²) in [5.41, 5.74) is 0. The molecular formula is C7H8HgO3S. The predicted molar refractivity (Wildman–Crippen MR) is 41.8 cm³/mol. The molecule has 0 aromatic heterocycles. The molecule has 0 saturated carbocycles. The monoisotopic (exact) mass is 374 g/mol. The Morgan fingerprint density at radius 3 is 2.08 bits per heavy atom. The van der Waals surface area contributed by atoms with Crippen LogP contribution < -0.4 is 3.07 Å². The molecular weight excluding hydrogens is 365 g/mol. The van der Waals surface area contributed by atoms with E-state index in [1.807, 2.05) is 0 Å². The maximum atomic E-state index is 10.6. The van der Waals surface area contributed by atoms with Gasteiger partial charge in [0.1, 0.15) is 0 Å². The molecule has 0 saturated heterocycles. The summed E-state index contributed by atoms with van der Waals surface area (Å²) in [5, 5.41) is 0. The van der Waals surface area contributed by atoms with E-state index in [4.69, 9.17) is 4.55 Å². The molecule has 0 aliphatic carbocycles. The topological polar surface area (TPSA) is 54.4 Å². The second-order valence-electron chi connectivity index (χ2n) is 2.47. The van der Waals surface area contributed by atoms with E-state index in [2.05, 4.69) is 4.43 Å². The van der Waals surface area contributed by atoms with Gasteiger partial charge in [-0.1, -0.05) is 0 Å². The Kier molecular flexibility index (Phi) is 3.26. The quantitative estimate of drug-likeness (QED) is 0.614. The van der Waals surface area contributed by atoms with E-state index in [1.165, 1.54) is 15.2 Å². The Labute approximate surface area is 84.0 Å².